The molecule has 4 heteroatoms. The summed E-state index contributed by atoms with van der Waals surface area (Å²) in [5, 5.41) is 3.58. The largest absolute Gasteiger partial charge is 0.381 e. The Morgan fingerprint density at radius 1 is 1.25 bits per heavy atom. The molecule has 0 bridgehead atoms. The van der Waals surface area contributed by atoms with Crippen molar-refractivity contribution >= 4 is 5.82 Å². The number of methoxy groups -OCH3 is 1. The molecule has 1 aliphatic heterocycles. The van der Waals surface area contributed by atoms with Crippen LogP contribution in [-0.2, 0) is 11.3 Å². The first-order valence-electron chi connectivity index (χ1n) is 7.73. The molecule has 1 aliphatic carbocycles. The van der Waals surface area contributed by atoms with E-state index in [1.54, 1.807) is 0 Å². The summed E-state index contributed by atoms with van der Waals surface area (Å²) in [5.74, 6) is 1.13. The highest BCUT2D eigenvalue weighted by molar-refractivity contribution is 5.43. The van der Waals surface area contributed by atoms with Crippen molar-refractivity contribution in [3.63, 3.8) is 0 Å². The second kappa shape index (κ2) is 6.10. The fourth-order valence-corrected chi connectivity index (χ4v) is 2.86. The van der Waals surface area contributed by atoms with Gasteiger partial charge in [-0.1, -0.05) is 0 Å². The lowest BCUT2D eigenvalue weighted by Gasteiger charge is -2.32. The number of nitrogens with zero attached hydrogens (tertiary/aromatic N) is 2. The van der Waals surface area contributed by atoms with Crippen molar-refractivity contribution in [3.8, 4) is 0 Å². The molecule has 0 aromatic carbocycles. The highest BCUT2D eigenvalue weighted by Crippen LogP contribution is 2.23. The first-order chi connectivity index (χ1) is 9.74. The van der Waals surface area contributed by atoms with Crippen LogP contribution in [0.15, 0.2) is 12.1 Å². The van der Waals surface area contributed by atoms with Gasteiger partial charge in [-0.2, -0.15) is 0 Å². The number of rotatable bonds is 5. The Bertz CT molecular complexity index is 451. The van der Waals surface area contributed by atoms with E-state index in [0.717, 1.165) is 50.0 Å². The number of hydrogen-bond donors (Lipinski definition) is 1. The molecule has 0 amide bonds. The molecule has 1 saturated heterocycles. The topological polar surface area (TPSA) is 37.4 Å². The van der Waals surface area contributed by atoms with Crippen molar-refractivity contribution in [2.75, 3.05) is 25.1 Å². The smallest absolute Gasteiger partial charge is 0.129 e. The minimum Gasteiger partial charge on any atom is -0.381 e. The van der Waals surface area contributed by atoms with Gasteiger partial charge in [-0.15, -0.1) is 0 Å². The minimum absolute atomic E-state index is 0.423. The van der Waals surface area contributed by atoms with Crippen LogP contribution < -0.4 is 10.2 Å². The summed E-state index contributed by atoms with van der Waals surface area (Å²) in [7, 11) is 1.81. The lowest BCUT2D eigenvalue weighted by Crippen LogP contribution is -2.37. The average molecular weight is 275 g/mol. The third-order valence-electron chi connectivity index (χ3n) is 4.27. The lowest BCUT2D eigenvalue weighted by atomic mass is 10.1. The third kappa shape index (κ3) is 3.49. The molecule has 1 aromatic rings. The van der Waals surface area contributed by atoms with Gasteiger partial charge in [-0.25, -0.2) is 4.98 Å². The van der Waals surface area contributed by atoms with Gasteiger partial charge in [0.05, 0.1) is 6.10 Å². The Labute approximate surface area is 121 Å². The van der Waals surface area contributed by atoms with E-state index in [-0.39, 0.29) is 0 Å². The van der Waals surface area contributed by atoms with Crippen LogP contribution in [0, 0.1) is 6.92 Å². The van der Waals surface area contributed by atoms with Gasteiger partial charge in [0, 0.05) is 38.5 Å². The average Bonchev–Trinajstić information content (AvgIpc) is 3.29. The summed E-state index contributed by atoms with van der Waals surface area (Å²) < 4.78 is 5.44. The summed E-state index contributed by atoms with van der Waals surface area (Å²) >= 11 is 0. The molecule has 2 aliphatic rings. The van der Waals surface area contributed by atoms with Crippen LogP contribution in [0.25, 0.3) is 0 Å². The van der Waals surface area contributed by atoms with Gasteiger partial charge in [0.25, 0.3) is 0 Å². The van der Waals surface area contributed by atoms with Crippen molar-refractivity contribution < 1.29 is 4.74 Å². The van der Waals surface area contributed by atoms with Crippen LogP contribution in [-0.4, -0.2) is 37.3 Å². The zero-order chi connectivity index (χ0) is 13.9. The zero-order valence-electron chi connectivity index (χ0n) is 12.6. The number of ether oxygens (including phenoxy) is 1. The van der Waals surface area contributed by atoms with Crippen LogP contribution in [0.5, 0.6) is 0 Å². The predicted molar refractivity (Wildman–Crippen MR) is 81.1 cm³/mol. The maximum Gasteiger partial charge on any atom is 0.129 e. The number of hydrogen-bond acceptors (Lipinski definition) is 4. The second-order valence-corrected chi connectivity index (χ2v) is 6.05. The molecular formula is C16H25N3O. The SMILES string of the molecule is COC1CCN(c2cc(CNC3CC3)cc(C)n2)CC1. The number of aromatic nitrogens is 1. The molecule has 0 radical (unpaired) electrons. The molecule has 4 nitrogen and oxygen atoms in total. The monoisotopic (exact) mass is 275 g/mol. The summed E-state index contributed by atoms with van der Waals surface area (Å²) in [6.45, 7) is 5.15. The van der Waals surface area contributed by atoms with E-state index in [2.05, 4.69) is 29.3 Å². The lowest BCUT2D eigenvalue weighted by molar-refractivity contribution is 0.0818. The van der Waals surface area contributed by atoms with Crippen LogP contribution in [0.3, 0.4) is 0 Å². The van der Waals surface area contributed by atoms with E-state index in [9.17, 15) is 0 Å². The van der Waals surface area contributed by atoms with Gasteiger partial charge in [0.1, 0.15) is 5.82 Å². The van der Waals surface area contributed by atoms with E-state index < -0.39 is 0 Å². The van der Waals surface area contributed by atoms with Crippen molar-refractivity contribution in [2.24, 2.45) is 0 Å². The number of aryl methyl sites for hydroxylation is 1. The molecule has 0 atom stereocenters. The Morgan fingerprint density at radius 2 is 2.00 bits per heavy atom. The van der Waals surface area contributed by atoms with Gasteiger partial charge in [0.2, 0.25) is 0 Å². The van der Waals surface area contributed by atoms with E-state index in [4.69, 9.17) is 9.72 Å². The van der Waals surface area contributed by atoms with Crippen molar-refractivity contribution in [1.29, 1.82) is 0 Å². The molecule has 110 valence electrons. The standard InChI is InChI=1S/C16H25N3O/c1-12-9-13(11-17-14-3-4-14)10-16(18-12)19-7-5-15(20-2)6-8-19/h9-10,14-15,17H,3-8,11H2,1-2H3. The Morgan fingerprint density at radius 3 is 2.65 bits per heavy atom. The second-order valence-electron chi connectivity index (χ2n) is 6.05. The highest BCUT2D eigenvalue weighted by Gasteiger charge is 2.22. The first kappa shape index (κ1) is 13.8. The fraction of sp³-hybridized carbons (Fsp3) is 0.688. The molecule has 2 heterocycles. The first-order valence-corrected chi connectivity index (χ1v) is 7.73. The van der Waals surface area contributed by atoms with Crippen LogP contribution in [0.2, 0.25) is 0 Å². The minimum atomic E-state index is 0.423. The van der Waals surface area contributed by atoms with E-state index in [0.29, 0.717) is 6.10 Å². The molecule has 20 heavy (non-hydrogen) atoms. The van der Waals surface area contributed by atoms with Crippen LogP contribution >= 0.6 is 0 Å². The maximum atomic E-state index is 5.44. The van der Waals surface area contributed by atoms with Crippen LogP contribution in [0.4, 0.5) is 5.82 Å². The van der Waals surface area contributed by atoms with E-state index in [1.807, 2.05) is 7.11 Å². The number of anilines is 1. The normalized spacial score (nSPS) is 20.4. The predicted octanol–water partition coefficient (Wildman–Crippen LogP) is 2.26. The van der Waals surface area contributed by atoms with E-state index >= 15 is 0 Å². The summed E-state index contributed by atoms with van der Waals surface area (Å²) in [6.07, 6.45) is 5.29. The molecule has 0 unspecified atom stereocenters. The molecule has 1 aromatic heterocycles. The van der Waals surface area contributed by atoms with Crippen molar-refractivity contribution in [2.45, 2.75) is 51.3 Å². The van der Waals surface area contributed by atoms with Gasteiger partial charge in [-0.3, -0.25) is 0 Å². The highest BCUT2D eigenvalue weighted by atomic mass is 16.5. The van der Waals surface area contributed by atoms with Crippen molar-refractivity contribution in [1.82, 2.24) is 10.3 Å². The quantitative estimate of drug-likeness (QED) is 0.894. The molecule has 1 N–H and O–H groups in total. The number of piperidine rings is 1. The van der Waals surface area contributed by atoms with Gasteiger partial charge in [0.15, 0.2) is 0 Å². The third-order valence-corrected chi connectivity index (χ3v) is 4.27. The van der Waals surface area contributed by atoms with E-state index in [1.165, 1.54) is 18.4 Å². The molecule has 2 fully saturated rings. The fourth-order valence-electron chi connectivity index (χ4n) is 2.86. The van der Waals surface area contributed by atoms with Crippen molar-refractivity contribution in [3.05, 3.63) is 23.4 Å². The Hall–Kier alpha value is -1.13. The Balaban J connectivity index is 1.65. The molecule has 0 spiro atoms. The zero-order valence-corrected chi connectivity index (χ0v) is 12.6. The van der Waals surface area contributed by atoms with Gasteiger partial charge >= 0.3 is 0 Å². The Kier molecular flexibility index (Phi) is 4.22. The van der Waals surface area contributed by atoms with Gasteiger partial charge < -0.3 is 15.0 Å². The molecule has 1 saturated carbocycles. The summed E-state index contributed by atoms with van der Waals surface area (Å²) in [5.41, 5.74) is 2.47. The summed E-state index contributed by atoms with van der Waals surface area (Å²) in [4.78, 5) is 7.10. The van der Waals surface area contributed by atoms with Crippen LogP contribution in [0.1, 0.15) is 36.9 Å². The molecular weight excluding hydrogens is 250 g/mol. The maximum absolute atomic E-state index is 5.44. The molecule has 3 rings (SSSR count). The number of pyridine rings is 1. The number of nitrogens with one attached hydrogen (secondary N) is 1. The summed E-state index contributed by atoms with van der Waals surface area (Å²) in [6, 6.07) is 5.19. The van der Waals surface area contributed by atoms with Gasteiger partial charge in [-0.05, 0) is 50.3 Å².